The van der Waals surface area contributed by atoms with E-state index in [1.54, 1.807) is 11.3 Å². The topological polar surface area (TPSA) is 12.0 Å². The van der Waals surface area contributed by atoms with Crippen LogP contribution in [0.3, 0.4) is 0 Å². The van der Waals surface area contributed by atoms with Gasteiger partial charge in [0.1, 0.15) is 0 Å². The molecule has 1 atom stereocenters. The van der Waals surface area contributed by atoms with Crippen molar-refractivity contribution in [3.8, 4) is 10.4 Å². The third-order valence-corrected chi connectivity index (χ3v) is 3.95. The maximum absolute atomic E-state index is 6.28. The Kier molecular flexibility index (Phi) is 3.64. The third kappa shape index (κ3) is 2.29. The van der Waals surface area contributed by atoms with Gasteiger partial charge in [-0.25, -0.2) is 0 Å². The summed E-state index contributed by atoms with van der Waals surface area (Å²) in [4.78, 5) is 1.26. The van der Waals surface area contributed by atoms with Gasteiger partial charge in [-0.2, -0.15) is 0 Å². The number of nitrogens with one attached hydrogen (secondary N) is 1. The highest BCUT2D eigenvalue weighted by molar-refractivity contribution is 7.13. The zero-order valence-electron chi connectivity index (χ0n) is 9.33. The van der Waals surface area contributed by atoms with E-state index in [0.29, 0.717) is 0 Å². The van der Waals surface area contributed by atoms with Crippen LogP contribution in [0.4, 0.5) is 0 Å². The lowest BCUT2D eigenvalue weighted by Gasteiger charge is -2.13. The standard InChI is InChI=1S/C13H14ClNS/c1-9(15-2)11-6-5-10(8-12(11)14)13-4-3-7-16-13/h3-9,15H,1-2H3. The summed E-state index contributed by atoms with van der Waals surface area (Å²) in [5.41, 5.74) is 2.33. The second-order valence-electron chi connectivity index (χ2n) is 3.72. The predicted octanol–water partition coefficient (Wildman–Crippen LogP) is 4.35. The summed E-state index contributed by atoms with van der Waals surface area (Å²) in [6.45, 7) is 2.10. The third-order valence-electron chi connectivity index (χ3n) is 2.71. The van der Waals surface area contributed by atoms with Crippen LogP contribution in [-0.4, -0.2) is 7.05 Å². The molecule has 84 valence electrons. The molecule has 1 N–H and O–H groups in total. The van der Waals surface area contributed by atoms with E-state index >= 15 is 0 Å². The number of rotatable bonds is 3. The van der Waals surface area contributed by atoms with Gasteiger partial charge >= 0.3 is 0 Å². The number of halogens is 1. The van der Waals surface area contributed by atoms with Crippen molar-refractivity contribution >= 4 is 22.9 Å². The minimum Gasteiger partial charge on any atom is -0.313 e. The second-order valence-corrected chi connectivity index (χ2v) is 5.08. The molecule has 0 amide bonds. The van der Waals surface area contributed by atoms with Crippen molar-refractivity contribution in [3.63, 3.8) is 0 Å². The molecular weight excluding hydrogens is 238 g/mol. The fourth-order valence-electron chi connectivity index (χ4n) is 1.63. The fraction of sp³-hybridized carbons (Fsp3) is 0.231. The van der Waals surface area contributed by atoms with Crippen LogP contribution < -0.4 is 5.32 Å². The Labute approximate surface area is 105 Å². The molecule has 16 heavy (non-hydrogen) atoms. The van der Waals surface area contributed by atoms with Crippen LogP contribution in [0.1, 0.15) is 18.5 Å². The molecule has 0 aliphatic heterocycles. The summed E-state index contributed by atoms with van der Waals surface area (Å²) in [5.74, 6) is 0. The van der Waals surface area contributed by atoms with Gasteiger partial charge in [0.05, 0.1) is 0 Å². The molecule has 0 spiro atoms. The summed E-state index contributed by atoms with van der Waals surface area (Å²) in [6.07, 6.45) is 0. The van der Waals surface area contributed by atoms with E-state index in [1.165, 1.54) is 10.4 Å². The lowest BCUT2D eigenvalue weighted by atomic mass is 10.1. The number of benzene rings is 1. The lowest BCUT2D eigenvalue weighted by molar-refractivity contribution is 0.652. The van der Waals surface area contributed by atoms with Crippen molar-refractivity contribution in [1.82, 2.24) is 5.32 Å². The van der Waals surface area contributed by atoms with Gasteiger partial charge in [-0.05, 0) is 42.6 Å². The first kappa shape index (κ1) is 11.6. The highest BCUT2D eigenvalue weighted by atomic mass is 35.5. The summed E-state index contributed by atoms with van der Waals surface area (Å²) in [5, 5.41) is 6.10. The van der Waals surface area contributed by atoms with Crippen molar-refractivity contribution in [3.05, 3.63) is 46.3 Å². The minimum absolute atomic E-state index is 0.282. The fourth-order valence-corrected chi connectivity index (χ4v) is 2.70. The molecule has 1 aromatic heterocycles. The van der Waals surface area contributed by atoms with Crippen molar-refractivity contribution in [2.24, 2.45) is 0 Å². The van der Waals surface area contributed by atoms with Gasteiger partial charge in [0.2, 0.25) is 0 Å². The van der Waals surface area contributed by atoms with Crippen LogP contribution in [0.2, 0.25) is 5.02 Å². The summed E-state index contributed by atoms with van der Waals surface area (Å²) in [7, 11) is 1.94. The normalized spacial score (nSPS) is 12.7. The summed E-state index contributed by atoms with van der Waals surface area (Å²) >= 11 is 8.02. The van der Waals surface area contributed by atoms with Crippen molar-refractivity contribution < 1.29 is 0 Å². The van der Waals surface area contributed by atoms with Gasteiger partial charge in [-0.3, -0.25) is 0 Å². The van der Waals surface area contributed by atoms with Crippen LogP contribution in [-0.2, 0) is 0 Å². The van der Waals surface area contributed by atoms with Gasteiger partial charge in [-0.15, -0.1) is 11.3 Å². The molecule has 1 nitrogen and oxygen atoms in total. The number of thiophene rings is 1. The van der Waals surface area contributed by atoms with Crippen LogP contribution >= 0.6 is 22.9 Å². The van der Waals surface area contributed by atoms with E-state index in [0.717, 1.165) is 10.6 Å². The molecule has 2 aromatic rings. The van der Waals surface area contributed by atoms with Crippen LogP contribution in [0, 0.1) is 0 Å². The molecule has 1 heterocycles. The largest absolute Gasteiger partial charge is 0.313 e. The van der Waals surface area contributed by atoms with Gasteiger partial charge in [0.25, 0.3) is 0 Å². The minimum atomic E-state index is 0.282. The molecule has 0 saturated carbocycles. The van der Waals surface area contributed by atoms with Crippen LogP contribution in [0.15, 0.2) is 35.7 Å². The van der Waals surface area contributed by atoms with Gasteiger partial charge in [0.15, 0.2) is 0 Å². The molecule has 0 saturated heterocycles. The Morgan fingerprint density at radius 3 is 2.69 bits per heavy atom. The number of hydrogen-bond acceptors (Lipinski definition) is 2. The molecule has 3 heteroatoms. The molecular formula is C13H14ClNS. The lowest BCUT2D eigenvalue weighted by Crippen LogP contribution is -2.12. The average molecular weight is 252 g/mol. The highest BCUT2D eigenvalue weighted by Gasteiger charge is 2.09. The average Bonchev–Trinajstić information content (AvgIpc) is 2.81. The molecule has 1 aromatic carbocycles. The maximum atomic E-state index is 6.28. The Morgan fingerprint density at radius 1 is 1.31 bits per heavy atom. The van der Waals surface area contributed by atoms with E-state index in [2.05, 4.69) is 41.9 Å². The molecule has 1 unspecified atom stereocenters. The molecule has 2 rings (SSSR count). The van der Waals surface area contributed by atoms with Crippen molar-refractivity contribution in [1.29, 1.82) is 0 Å². The zero-order chi connectivity index (χ0) is 11.5. The van der Waals surface area contributed by atoms with Crippen molar-refractivity contribution in [2.75, 3.05) is 7.05 Å². The van der Waals surface area contributed by atoms with Gasteiger partial charge in [0, 0.05) is 15.9 Å². The second kappa shape index (κ2) is 5.00. The van der Waals surface area contributed by atoms with Crippen LogP contribution in [0.25, 0.3) is 10.4 Å². The Bertz CT molecular complexity index is 465. The highest BCUT2D eigenvalue weighted by Crippen LogP contribution is 2.31. The molecule has 0 radical (unpaired) electrons. The van der Waals surface area contributed by atoms with E-state index < -0.39 is 0 Å². The molecule has 0 bridgehead atoms. The smallest absolute Gasteiger partial charge is 0.0460 e. The first-order valence-electron chi connectivity index (χ1n) is 5.23. The first-order chi connectivity index (χ1) is 7.72. The van der Waals surface area contributed by atoms with E-state index in [1.807, 2.05) is 13.1 Å². The van der Waals surface area contributed by atoms with Crippen LogP contribution in [0.5, 0.6) is 0 Å². The predicted molar refractivity (Wildman–Crippen MR) is 72.2 cm³/mol. The molecule has 0 aliphatic rings. The Balaban J connectivity index is 2.37. The molecule has 0 aliphatic carbocycles. The summed E-state index contributed by atoms with van der Waals surface area (Å²) in [6, 6.07) is 10.7. The monoisotopic (exact) mass is 251 g/mol. The summed E-state index contributed by atoms with van der Waals surface area (Å²) < 4.78 is 0. The quantitative estimate of drug-likeness (QED) is 0.855. The van der Waals surface area contributed by atoms with E-state index in [9.17, 15) is 0 Å². The van der Waals surface area contributed by atoms with E-state index in [-0.39, 0.29) is 6.04 Å². The first-order valence-corrected chi connectivity index (χ1v) is 6.48. The number of hydrogen-bond donors (Lipinski definition) is 1. The zero-order valence-corrected chi connectivity index (χ0v) is 10.9. The van der Waals surface area contributed by atoms with Crippen molar-refractivity contribution in [2.45, 2.75) is 13.0 Å². The Morgan fingerprint density at radius 2 is 2.12 bits per heavy atom. The van der Waals surface area contributed by atoms with Gasteiger partial charge < -0.3 is 5.32 Å². The van der Waals surface area contributed by atoms with E-state index in [4.69, 9.17) is 11.6 Å². The van der Waals surface area contributed by atoms with Gasteiger partial charge in [-0.1, -0.05) is 29.8 Å². The molecule has 0 fully saturated rings. The SMILES string of the molecule is CNC(C)c1ccc(-c2cccs2)cc1Cl. The maximum Gasteiger partial charge on any atom is 0.0460 e. The Hall–Kier alpha value is -0.830.